The van der Waals surface area contributed by atoms with Crippen LogP contribution < -0.4 is 0 Å². The summed E-state index contributed by atoms with van der Waals surface area (Å²) in [6.45, 7) is 10.2. The molecule has 0 saturated carbocycles. The molecule has 4 heterocycles. The number of hydrogen-bond acceptors (Lipinski definition) is 5. The van der Waals surface area contributed by atoms with E-state index >= 15 is 0 Å². The van der Waals surface area contributed by atoms with Gasteiger partial charge in [-0.15, -0.1) is 0 Å². The average Bonchev–Trinajstić information content (AvgIpc) is 3.38. The highest BCUT2D eigenvalue weighted by molar-refractivity contribution is 5.91. The highest BCUT2D eigenvalue weighted by Gasteiger charge is 2.64. The average molecular weight is 404 g/mol. The number of ether oxygens (including phenoxy) is 1. The van der Waals surface area contributed by atoms with Crippen molar-refractivity contribution in [3.8, 4) is 0 Å². The first-order valence-corrected chi connectivity index (χ1v) is 10.8. The van der Waals surface area contributed by atoms with Crippen molar-refractivity contribution >= 4 is 11.8 Å². The molecule has 3 saturated heterocycles. The van der Waals surface area contributed by atoms with E-state index in [0.717, 1.165) is 57.7 Å². The number of furan rings is 1. The fourth-order valence-electron chi connectivity index (χ4n) is 5.82. The number of rotatable bonds is 5. The van der Waals surface area contributed by atoms with Gasteiger partial charge in [-0.1, -0.05) is 0 Å². The Hall–Kier alpha value is -1.86. The SMILES string of the molecule is CCN1CC[C@]2(CN(CCOC)CC23CCN(C(=O)c2ccc(C)o2)CC3)C1=O. The molecule has 7 nitrogen and oxygen atoms in total. The summed E-state index contributed by atoms with van der Waals surface area (Å²) in [7, 11) is 1.72. The molecule has 3 aliphatic rings. The molecule has 7 heteroatoms. The van der Waals surface area contributed by atoms with Gasteiger partial charge in [0.15, 0.2) is 5.76 Å². The van der Waals surface area contributed by atoms with Crippen LogP contribution in [0.4, 0.5) is 0 Å². The summed E-state index contributed by atoms with van der Waals surface area (Å²) in [5.41, 5.74) is -0.370. The summed E-state index contributed by atoms with van der Waals surface area (Å²) in [5, 5.41) is 0. The van der Waals surface area contributed by atoms with E-state index in [4.69, 9.17) is 9.15 Å². The number of carbonyl (C=O) groups excluding carboxylic acids is 2. The van der Waals surface area contributed by atoms with Gasteiger partial charge in [0.05, 0.1) is 12.0 Å². The number of amides is 2. The minimum Gasteiger partial charge on any atom is -0.456 e. The predicted octanol–water partition coefficient (Wildman–Crippen LogP) is 2.01. The number of aryl methyl sites for hydroxylation is 1. The first-order chi connectivity index (χ1) is 13.9. The Morgan fingerprint density at radius 1 is 1.17 bits per heavy atom. The van der Waals surface area contributed by atoms with Crippen LogP contribution >= 0.6 is 0 Å². The molecular formula is C22H33N3O4. The second kappa shape index (κ2) is 7.76. The topological polar surface area (TPSA) is 66.2 Å². The van der Waals surface area contributed by atoms with E-state index in [0.29, 0.717) is 31.4 Å². The molecule has 2 amide bonds. The van der Waals surface area contributed by atoms with Gasteiger partial charge in [0, 0.05) is 58.3 Å². The van der Waals surface area contributed by atoms with Crippen LogP contribution in [0, 0.1) is 17.8 Å². The highest BCUT2D eigenvalue weighted by Crippen LogP contribution is 2.57. The van der Waals surface area contributed by atoms with Gasteiger partial charge in [-0.25, -0.2) is 0 Å². The van der Waals surface area contributed by atoms with E-state index < -0.39 is 0 Å². The van der Waals surface area contributed by atoms with E-state index in [-0.39, 0.29) is 16.7 Å². The lowest BCUT2D eigenvalue weighted by Crippen LogP contribution is -2.53. The molecule has 3 fully saturated rings. The molecule has 0 bridgehead atoms. The van der Waals surface area contributed by atoms with Gasteiger partial charge in [0.1, 0.15) is 5.76 Å². The van der Waals surface area contributed by atoms with E-state index in [1.165, 1.54) is 0 Å². The van der Waals surface area contributed by atoms with Crippen LogP contribution in [0.2, 0.25) is 0 Å². The van der Waals surface area contributed by atoms with Crippen molar-refractivity contribution in [1.82, 2.24) is 14.7 Å². The van der Waals surface area contributed by atoms with Gasteiger partial charge < -0.3 is 19.0 Å². The maximum absolute atomic E-state index is 13.5. The van der Waals surface area contributed by atoms with Crippen molar-refractivity contribution in [3.05, 3.63) is 23.7 Å². The van der Waals surface area contributed by atoms with Crippen LogP contribution in [0.15, 0.2) is 16.5 Å². The molecule has 2 spiro atoms. The van der Waals surface area contributed by atoms with Crippen molar-refractivity contribution in [3.63, 3.8) is 0 Å². The van der Waals surface area contributed by atoms with E-state index in [2.05, 4.69) is 11.8 Å². The quantitative estimate of drug-likeness (QED) is 0.752. The Labute approximate surface area is 172 Å². The summed E-state index contributed by atoms with van der Waals surface area (Å²) < 4.78 is 10.8. The number of piperidine rings is 1. The van der Waals surface area contributed by atoms with Gasteiger partial charge in [-0.3, -0.25) is 14.5 Å². The van der Waals surface area contributed by atoms with E-state index in [9.17, 15) is 9.59 Å². The molecule has 0 N–H and O–H groups in total. The molecule has 4 rings (SSSR count). The Bertz CT molecular complexity index is 768. The lowest BCUT2D eigenvalue weighted by atomic mass is 9.60. The molecule has 0 radical (unpaired) electrons. The third kappa shape index (κ3) is 3.28. The summed E-state index contributed by atoms with van der Waals surface area (Å²) in [6.07, 6.45) is 2.66. The molecule has 1 atom stereocenters. The van der Waals surface area contributed by atoms with Crippen LogP contribution in [0.5, 0.6) is 0 Å². The lowest BCUT2D eigenvalue weighted by molar-refractivity contribution is -0.141. The second-order valence-electron chi connectivity index (χ2n) is 8.90. The number of fused-ring (bicyclic) bond motifs is 1. The number of carbonyl (C=O) groups is 2. The summed E-state index contributed by atoms with van der Waals surface area (Å²) >= 11 is 0. The van der Waals surface area contributed by atoms with Crippen molar-refractivity contribution in [1.29, 1.82) is 0 Å². The van der Waals surface area contributed by atoms with Crippen molar-refractivity contribution in [2.45, 2.75) is 33.1 Å². The minimum absolute atomic E-state index is 0.0378. The van der Waals surface area contributed by atoms with Crippen LogP contribution in [-0.4, -0.2) is 86.0 Å². The van der Waals surface area contributed by atoms with Gasteiger partial charge in [0.25, 0.3) is 5.91 Å². The van der Waals surface area contributed by atoms with Crippen molar-refractivity contribution in [2.24, 2.45) is 10.8 Å². The van der Waals surface area contributed by atoms with Gasteiger partial charge >= 0.3 is 0 Å². The van der Waals surface area contributed by atoms with Crippen molar-refractivity contribution < 1.29 is 18.7 Å². The highest BCUT2D eigenvalue weighted by atomic mass is 16.5. The number of methoxy groups -OCH3 is 1. The van der Waals surface area contributed by atoms with E-state index in [1.54, 1.807) is 13.2 Å². The molecule has 160 valence electrons. The maximum atomic E-state index is 13.5. The molecule has 3 aliphatic heterocycles. The zero-order valence-electron chi connectivity index (χ0n) is 17.9. The van der Waals surface area contributed by atoms with Crippen LogP contribution in [0.1, 0.15) is 42.5 Å². The monoisotopic (exact) mass is 403 g/mol. The second-order valence-corrected chi connectivity index (χ2v) is 8.90. The molecule has 0 aliphatic carbocycles. The summed E-state index contributed by atoms with van der Waals surface area (Å²) in [5.74, 6) is 1.45. The third-order valence-corrected chi connectivity index (χ3v) is 7.49. The third-order valence-electron chi connectivity index (χ3n) is 7.49. The van der Waals surface area contributed by atoms with Gasteiger partial charge in [-0.2, -0.15) is 0 Å². The largest absolute Gasteiger partial charge is 0.456 e. The van der Waals surface area contributed by atoms with Crippen LogP contribution in [-0.2, 0) is 9.53 Å². The van der Waals surface area contributed by atoms with Gasteiger partial charge in [-0.05, 0) is 45.2 Å². The number of nitrogens with zero attached hydrogens (tertiary/aromatic N) is 3. The van der Waals surface area contributed by atoms with Gasteiger partial charge in [0.2, 0.25) is 5.91 Å². The van der Waals surface area contributed by atoms with E-state index in [1.807, 2.05) is 22.8 Å². The molecule has 29 heavy (non-hydrogen) atoms. The maximum Gasteiger partial charge on any atom is 0.289 e. The number of hydrogen-bond donors (Lipinski definition) is 0. The fourth-order valence-corrected chi connectivity index (χ4v) is 5.82. The standard InChI is InChI=1S/C22H33N3O4/c1-4-24-12-9-22(20(24)27)16-23(13-14-28-3)15-21(22)7-10-25(11-8-21)19(26)18-6-5-17(2)29-18/h5-6H,4,7-16H2,1-3H3/t22-/m0/s1. The normalized spacial score (nSPS) is 26.9. The zero-order valence-corrected chi connectivity index (χ0v) is 17.9. The molecule has 1 aromatic rings. The number of likely N-dealkylation sites (tertiary alicyclic amines) is 3. The van der Waals surface area contributed by atoms with Crippen molar-refractivity contribution in [2.75, 3.05) is 59.5 Å². The first-order valence-electron chi connectivity index (χ1n) is 10.8. The smallest absolute Gasteiger partial charge is 0.289 e. The summed E-state index contributed by atoms with van der Waals surface area (Å²) in [6, 6.07) is 3.58. The molecular weight excluding hydrogens is 370 g/mol. The molecule has 0 aromatic carbocycles. The van der Waals surface area contributed by atoms with Crippen LogP contribution in [0.3, 0.4) is 0 Å². The Morgan fingerprint density at radius 3 is 2.52 bits per heavy atom. The fraction of sp³-hybridized carbons (Fsp3) is 0.727. The molecule has 0 unspecified atom stereocenters. The Balaban J connectivity index is 1.53. The minimum atomic E-state index is -0.312. The summed E-state index contributed by atoms with van der Waals surface area (Å²) in [4.78, 5) is 32.6. The van der Waals surface area contributed by atoms with Crippen LogP contribution in [0.25, 0.3) is 0 Å². The predicted molar refractivity (Wildman–Crippen MR) is 109 cm³/mol. The Kier molecular flexibility index (Phi) is 5.46. The first kappa shape index (κ1) is 20.4. The molecule has 1 aromatic heterocycles. The Morgan fingerprint density at radius 2 is 1.93 bits per heavy atom. The zero-order chi connectivity index (χ0) is 20.6. The lowest BCUT2D eigenvalue weighted by Gasteiger charge is -2.47.